The maximum Gasteiger partial charge on any atom is 0.361 e. The number of carbonyl (C=O) groups is 1. The molecule has 6 heteroatoms. The average molecular weight is 353 g/mol. The summed E-state index contributed by atoms with van der Waals surface area (Å²) >= 11 is 0. The maximum absolute atomic E-state index is 12.8. The van der Waals surface area contributed by atoms with Gasteiger partial charge in [0.1, 0.15) is 0 Å². The largest absolute Gasteiger partial charge is 0.361 e. The van der Waals surface area contributed by atoms with Crippen molar-refractivity contribution in [1.82, 2.24) is 9.64 Å². The number of nitrogens with zero attached hydrogens (tertiary/aromatic N) is 3. The first-order valence-electron chi connectivity index (χ1n) is 8.88. The van der Waals surface area contributed by atoms with Gasteiger partial charge in [-0.2, -0.15) is 5.26 Å². The number of likely N-dealkylation sites (tertiary alicyclic amines) is 1. The van der Waals surface area contributed by atoms with E-state index in [1.54, 1.807) is 11.8 Å². The van der Waals surface area contributed by atoms with Crippen LogP contribution in [0.3, 0.4) is 0 Å². The van der Waals surface area contributed by atoms with Gasteiger partial charge in [-0.1, -0.05) is 44.2 Å². The zero-order valence-corrected chi connectivity index (χ0v) is 15.4. The Balaban J connectivity index is 1.80. The number of hydrogen-bond donors (Lipinski definition) is 0. The summed E-state index contributed by atoms with van der Waals surface area (Å²) in [6.45, 7) is 6.41. The van der Waals surface area contributed by atoms with Gasteiger partial charge in [-0.15, -0.1) is 4.74 Å². The van der Waals surface area contributed by atoms with Crippen LogP contribution in [0.25, 0.3) is 0 Å². The highest BCUT2D eigenvalue weighted by Gasteiger charge is 2.38. The summed E-state index contributed by atoms with van der Waals surface area (Å²) < 4.78 is 6.29. The maximum atomic E-state index is 12.8. The molecule has 1 aliphatic heterocycles. The second-order valence-corrected chi connectivity index (χ2v) is 7.16. The van der Waals surface area contributed by atoms with Crippen molar-refractivity contribution in [2.24, 2.45) is 0 Å². The smallest absolute Gasteiger partial charge is 0.327 e. The van der Waals surface area contributed by atoms with Crippen LogP contribution in [0.1, 0.15) is 49.4 Å². The Kier molecular flexibility index (Phi) is 4.73. The van der Waals surface area contributed by atoms with Crippen LogP contribution in [0.2, 0.25) is 0 Å². The number of benzene rings is 1. The standard InChI is InChI=1S/C20H23N3O3/c1-14(2)17-15(3)23(26-18(17)24)19(25)22-11-9-20(13-21,10-12-22)16-7-5-4-6-8-16/h4-8,14H,9-12H2,1-3H3. The van der Waals surface area contributed by atoms with Gasteiger partial charge in [0.2, 0.25) is 0 Å². The van der Waals surface area contributed by atoms with E-state index in [1.807, 2.05) is 44.2 Å². The van der Waals surface area contributed by atoms with Crippen molar-refractivity contribution in [1.29, 1.82) is 5.26 Å². The number of hydrogen-bond acceptors (Lipinski definition) is 4. The molecular weight excluding hydrogens is 330 g/mol. The van der Waals surface area contributed by atoms with E-state index in [9.17, 15) is 14.9 Å². The van der Waals surface area contributed by atoms with E-state index in [-0.39, 0.29) is 11.9 Å². The summed E-state index contributed by atoms with van der Waals surface area (Å²) in [5, 5.41) is 9.76. The molecule has 1 aromatic heterocycles. The van der Waals surface area contributed by atoms with Crippen molar-refractivity contribution in [3.8, 4) is 6.07 Å². The van der Waals surface area contributed by atoms with E-state index in [0.29, 0.717) is 37.2 Å². The molecule has 0 saturated carbocycles. The number of carbonyl (C=O) groups excluding carboxylic acids is 1. The van der Waals surface area contributed by atoms with E-state index in [0.717, 1.165) is 10.3 Å². The Morgan fingerprint density at radius 3 is 2.35 bits per heavy atom. The van der Waals surface area contributed by atoms with Crippen molar-refractivity contribution in [2.45, 2.75) is 44.9 Å². The van der Waals surface area contributed by atoms with Gasteiger partial charge in [-0.05, 0) is 31.2 Å². The number of aromatic nitrogens is 1. The molecule has 0 bridgehead atoms. The van der Waals surface area contributed by atoms with Crippen LogP contribution < -0.4 is 5.63 Å². The van der Waals surface area contributed by atoms with Crippen LogP contribution in [0.5, 0.6) is 0 Å². The van der Waals surface area contributed by atoms with Crippen molar-refractivity contribution in [3.05, 3.63) is 57.6 Å². The van der Waals surface area contributed by atoms with Gasteiger partial charge in [0.25, 0.3) is 0 Å². The predicted molar refractivity (Wildman–Crippen MR) is 97.1 cm³/mol. The van der Waals surface area contributed by atoms with Crippen molar-refractivity contribution >= 4 is 6.03 Å². The molecule has 1 saturated heterocycles. The first kappa shape index (κ1) is 18.0. The van der Waals surface area contributed by atoms with Crippen molar-refractivity contribution < 1.29 is 9.32 Å². The Bertz CT molecular complexity index is 895. The molecule has 0 aliphatic carbocycles. The van der Waals surface area contributed by atoms with E-state index in [2.05, 4.69) is 6.07 Å². The van der Waals surface area contributed by atoms with E-state index < -0.39 is 11.0 Å². The minimum absolute atomic E-state index is 0.00836. The van der Waals surface area contributed by atoms with Crippen LogP contribution >= 0.6 is 0 Å². The lowest BCUT2D eigenvalue weighted by Crippen LogP contribution is -2.46. The summed E-state index contributed by atoms with van der Waals surface area (Å²) in [5.41, 5.74) is 1.04. The van der Waals surface area contributed by atoms with Crippen LogP contribution in [0.4, 0.5) is 4.79 Å². The lowest BCUT2D eigenvalue weighted by molar-refractivity contribution is 0.144. The molecule has 1 aliphatic rings. The fraction of sp³-hybridized carbons (Fsp3) is 0.450. The minimum atomic E-state index is -0.576. The molecular formula is C20H23N3O3. The van der Waals surface area contributed by atoms with Gasteiger partial charge in [0, 0.05) is 13.1 Å². The highest BCUT2D eigenvalue weighted by atomic mass is 16.5. The topological polar surface area (TPSA) is 79.2 Å². The van der Waals surface area contributed by atoms with E-state index >= 15 is 0 Å². The molecule has 0 radical (unpaired) electrons. The lowest BCUT2D eigenvalue weighted by atomic mass is 9.74. The van der Waals surface area contributed by atoms with Gasteiger partial charge in [0.15, 0.2) is 0 Å². The van der Waals surface area contributed by atoms with E-state index in [1.165, 1.54) is 0 Å². The zero-order valence-electron chi connectivity index (χ0n) is 15.4. The predicted octanol–water partition coefficient (Wildman–Crippen LogP) is 3.40. The summed E-state index contributed by atoms with van der Waals surface area (Å²) in [5.74, 6) is -0.00836. The quantitative estimate of drug-likeness (QED) is 0.829. The third-order valence-corrected chi connectivity index (χ3v) is 5.27. The number of nitriles is 1. The second kappa shape index (κ2) is 6.83. The molecule has 0 unspecified atom stereocenters. The minimum Gasteiger partial charge on any atom is -0.327 e. The third kappa shape index (κ3) is 2.94. The van der Waals surface area contributed by atoms with Gasteiger partial charge >= 0.3 is 11.7 Å². The SMILES string of the molecule is Cc1c(C(C)C)c(=O)on1C(=O)N1CCC(C#N)(c2ccccc2)CC1. The molecule has 3 rings (SSSR count). The first-order chi connectivity index (χ1) is 12.4. The van der Waals surface area contributed by atoms with Crippen LogP contribution in [-0.2, 0) is 5.41 Å². The van der Waals surface area contributed by atoms with Crippen LogP contribution in [-0.4, -0.2) is 28.8 Å². The van der Waals surface area contributed by atoms with Crippen LogP contribution in [0, 0.1) is 18.3 Å². The summed E-state index contributed by atoms with van der Waals surface area (Å²) in [7, 11) is 0. The zero-order chi connectivity index (χ0) is 18.9. The summed E-state index contributed by atoms with van der Waals surface area (Å²) in [6.07, 6.45) is 1.11. The third-order valence-electron chi connectivity index (χ3n) is 5.27. The van der Waals surface area contributed by atoms with Gasteiger partial charge < -0.3 is 9.42 Å². The van der Waals surface area contributed by atoms with Crippen molar-refractivity contribution in [3.63, 3.8) is 0 Å². The summed E-state index contributed by atoms with van der Waals surface area (Å²) in [4.78, 5) is 26.5. The molecule has 0 N–H and O–H groups in total. The number of piperidine rings is 1. The highest BCUT2D eigenvalue weighted by molar-refractivity contribution is 5.76. The Hall–Kier alpha value is -2.81. The monoisotopic (exact) mass is 353 g/mol. The summed E-state index contributed by atoms with van der Waals surface area (Å²) in [6, 6.07) is 11.8. The Morgan fingerprint density at radius 1 is 1.23 bits per heavy atom. The highest BCUT2D eigenvalue weighted by Crippen LogP contribution is 2.35. The Morgan fingerprint density at radius 2 is 1.85 bits per heavy atom. The fourth-order valence-electron chi connectivity index (χ4n) is 3.72. The lowest BCUT2D eigenvalue weighted by Gasteiger charge is -2.37. The number of rotatable bonds is 2. The van der Waals surface area contributed by atoms with Gasteiger partial charge in [-0.25, -0.2) is 9.59 Å². The second-order valence-electron chi connectivity index (χ2n) is 7.16. The first-order valence-corrected chi connectivity index (χ1v) is 8.88. The van der Waals surface area contributed by atoms with Gasteiger partial charge in [-0.3, -0.25) is 0 Å². The molecule has 1 aromatic carbocycles. The molecule has 26 heavy (non-hydrogen) atoms. The Labute approximate surface area is 152 Å². The molecule has 1 amide bonds. The number of amides is 1. The molecule has 2 aromatic rings. The molecule has 0 atom stereocenters. The van der Waals surface area contributed by atoms with Crippen LogP contribution in [0.15, 0.2) is 39.6 Å². The van der Waals surface area contributed by atoms with Gasteiger partial charge in [0.05, 0.1) is 22.7 Å². The molecule has 6 nitrogen and oxygen atoms in total. The normalized spacial score (nSPS) is 16.5. The fourth-order valence-corrected chi connectivity index (χ4v) is 3.72. The van der Waals surface area contributed by atoms with E-state index in [4.69, 9.17) is 4.52 Å². The molecule has 1 fully saturated rings. The average Bonchev–Trinajstić information content (AvgIpc) is 2.96. The molecule has 136 valence electrons. The molecule has 2 heterocycles. The molecule has 0 spiro atoms. The van der Waals surface area contributed by atoms with Crippen molar-refractivity contribution in [2.75, 3.05) is 13.1 Å².